The second kappa shape index (κ2) is 5.01. The largest absolute Gasteiger partial charge is 0.294 e. The second-order valence-electron chi connectivity index (χ2n) is 5.06. The van der Waals surface area contributed by atoms with Gasteiger partial charge in [-0.2, -0.15) is 5.10 Å². The van der Waals surface area contributed by atoms with Crippen LogP contribution in [-0.4, -0.2) is 47.2 Å². The highest BCUT2D eigenvalue weighted by atomic mass is 32.2. The minimum atomic E-state index is -2.83. The molecule has 0 N–H and O–H groups in total. The van der Waals surface area contributed by atoms with E-state index in [-0.39, 0.29) is 17.5 Å². The maximum Gasteiger partial charge on any atom is 0.153 e. The van der Waals surface area contributed by atoms with Gasteiger partial charge in [-0.05, 0) is 13.3 Å². The smallest absolute Gasteiger partial charge is 0.153 e. The Kier molecular flexibility index (Phi) is 3.77. The molecule has 1 aliphatic heterocycles. The van der Waals surface area contributed by atoms with Crippen molar-refractivity contribution in [2.75, 3.05) is 18.1 Å². The van der Waals surface area contributed by atoms with Crippen molar-refractivity contribution in [1.29, 1.82) is 0 Å². The molecule has 1 fully saturated rings. The maximum atomic E-state index is 11.5. The molecule has 1 atom stereocenters. The molecule has 1 aromatic heterocycles. The Hall–Kier alpha value is -0.880. The average molecular weight is 271 g/mol. The van der Waals surface area contributed by atoms with Gasteiger partial charge in [0.1, 0.15) is 0 Å². The van der Waals surface area contributed by atoms with Crippen molar-refractivity contribution in [3.8, 4) is 0 Å². The van der Waals surface area contributed by atoms with Gasteiger partial charge in [-0.1, -0.05) is 6.92 Å². The van der Waals surface area contributed by atoms with E-state index in [1.54, 1.807) is 0 Å². The second-order valence-corrected chi connectivity index (χ2v) is 7.29. The molecule has 5 nitrogen and oxygen atoms in total. The first-order valence-corrected chi connectivity index (χ1v) is 8.19. The third-order valence-corrected chi connectivity index (χ3v) is 5.30. The first kappa shape index (κ1) is 13.5. The predicted molar refractivity (Wildman–Crippen MR) is 71.1 cm³/mol. The zero-order chi connectivity index (χ0) is 13.3. The Morgan fingerprint density at radius 1 is 1.50 bits per heavy atom. The van der Waals surface area contributed by atoms with Crippen LogP contribution in [0, 0.1) is 0 Å². The van der Waals surface area contributed by atoms with Crippen LogP contribution in [0.4, 0.5) is 0 Å². The Morgan fingerprint density at radius 3 is 2.83 bits per heavy atom. The highest BCUT2D eigenvalue weighted by Gasteiger charge is 2.28. The van der Waals surface area contributed by atoms with E-state index in [1.807, 2.05) is 24.9 Å². The summed E-state index contributed by atoms with van der Waals surface area (Å²) in [4.78, 5) is 2.23. The van der Waals surface area contributed by atoms with Crippen LogP contribution in [0.3, 0.4) is 0 Å². The molecule has 0 aliphatic carbocycles. The summed E-state index contributed by atoms with van der Waals surface area (Å²) in [7, 11) is -0.907. The summed E-state index contributed by atoms with van der Waals surface area (Å²) in [6.45, 7) is 5.50. The Balaban J connectivity index is 2.10. The lowest BCUT2D eigenvalue weighted by molar-refractivity contribution is 0.217. The molecular weight excluding hydrogens is 250 g/mol. The van der Waals surface area contributed by atoms with E-state index < -0.39 is 9.84 Å². The van der Waals surface area contributed by atoms with Gasteiger partial charge in [-0.3, -0.25) is 9.58 Å². The standard InChI is InChI=1S/C12H21N3O2S/c1-4-12-11(7-14(3)13-12)8-15-5-6-18(16,17)9-10(15)2/h7,10H,4-6,8-9H2,1-3H3/t10-/m1/s1. The molecule has 0 spiro atoms. The normalized spacial score (nSPS) is 24.3. The average Bonchev–Trinajstić information content (AvgIpc) is 2.62. The number of sulfone groups is 1. The molecule has 1 saturated heterocycles. The summed E-state index contributed by atoms with van der Waals surface area (Å²) < 4.78 is 24.9. The molecule has 2 heterocycles. The molecule has 0 radical (unpaired) electrons. The first-order valence-electron chi connectivity index (χ1n) is 6.37. The fraction of sp³-hybridized carbons (Fsp3) is 0.750. The molecule has 18 heavy (non-hydrogen) atoms. The lowest BCUT2D eigenvalue weighted by atomic mass is 10.2. The van der Waals surface area contributed by atoms with E-state index >= 15 is 0 Å². The highest BCUT2D eigenvalue weighted by molar-refractivity contribution is 7.91. The van der Waals surface area contributed by atoms with E-state index in [1.165, 1.54) is 5.56 Å². The van der Waals surface area contributed by atoms with Crippen LogP contribution >= 0.6 is 0 Å². The van der Waals surface area contributed by atoms with Crippen molar-refractivity contribution in [2.24, 2.45) is 7.05 Å². The maximum absolute atomic E-state index is 11.5. The van der Waals surface area contributed by atoms with Crippen molar-refractivity contribution in [3.63, 3.8) is 0 Å². The van der Waals surface area contributed by atoms with Gasteiger partial charge in [-0.15, -0.1) is 0 Å². The molecular formula is C12H21N3O2S. The van der Waals surface area contributed by atoms with E-state index in [2.05, 4.69) is 16.9 Å². The van der Waals surface area contributed by atoms with Crippen LogP contribution in [0.5, 0.6) is 0 Å². The van der Waals surface area contributed by atoms with Crippen LogP contribution in [-0.2, 0) is 29.9 Å². The molecule has 6 heteroatoms. The number of hydrogen-bond acceptors (Lipinski definition) is 4. The Bertz CT molecular complexity index is 521. The molecule has 2 rings (SSSR count). The zero-order valence-corrected chi connectivity index (χ0v) is 12.1. The monoisotopic (exact) mass is 271 g/mol. The van der Waals surface area contributed by atoms with E-state index in [9.17, 15) is 8.42 Å². The molecule has 1 aliphatic rings. The van der Waals surface area contributed by atoms with Crippen molar-refractivity contribution in [1.82, 2.24) is 14.7 Å². The molecule has 0 unspecified atom stereocenters. The predicted octanol–water partition coefficient (Wildman–Crippen LogP) is 0.601. The summed E-state index contributed by atoms with van der Waals surface area (Å²) >= 11 is 0. The number of aryl methyl sites for hydroxylation is 2. The topological polar surface area (TPSA) is 55.2 Å². The molecule has 102 valence electrons. The van der Waals surface area contributed by atoms with E-state index in [0.717, 1.165) is 18.7 Å². The molecule has 0 saturated carbocycles. The quantitative estimate of drug-likeness (QED) is 0.808. The summed E-state index contributed by atoms with van der Waals surface area (Å²) in [6, 6.07) is 0.0914. The third-order valence-electron chi connectivity index (χ3n) is 3.51. The third kappa shape index (κ3) is 2.92. The fourth-order valence-corrected chi connectivity index (χ4v) is 4.13. The van der Waals surface area contributed by atoms with Crippen molar-refractivity contribution >= 4 is 9.84 Å². The van der Waals surface area contributed by atoms with Gasteiger partial charge >= 0.3 is 0 Å². The van der Waals surface area contributed by atoms with Crippen LogP contribution < -0.4 is 0 Å². The van der Waals surface area contributed by atoms with Gasteiger partial charge in [0.05, 0.1) is 17.2 Å². The molecule has 0 aromatic carbocycles. The minimum absolute atomic E-state index is 0.0914. The molecule has 1 aromatic rings. The van der Waals surface area contributed by atoms with E-state index in [4.69, 9.17) is 0 Å². The van der Waals surface area contributed by atoms with Crippen LogP contribution in [0.25, 0.3) is 0 Å². The summed E-state index contributed by atoms with van der Waals surface area (Å²) in [5, 5.41) is 4.42. The summed E-state index contributed by atoms with van der Waals surface area (Å²) in [5.74, 6) is 0.549. The van der Waals surface area contributed by atoms with Crippen LogP contribution in [0.15, 0.2) is 6.20 Å². The molecule has 0 bridgehead atoms. The lowest BCUT2D eigenvalue weighted by Crippen LogP contribution is -2.46. The summed E-state index contributed by atoms with van der Waals surface area (Å²) in [6.07, 6.45) is 2.95. The van der Waals surface area contributed by atoms with E-state index in [0.29, 0.717) is 6.54 Å². The molecule has 0 amide bonds. The van der Waals surface area contributed by atoms with Gasteiger partial charge in [0.15, 0.2) is 9.84 Å². The zero-order valence-electron chi connectivity index (χ0n) is 11.3. The highest BCUT2D eigenvalue weighted by Crippen LogP contribution is 2.17. The van der Waals surface area contributed by atoms with Gasteiger partial charge < -0.3 is 0 Å². The number of rotatable bonds is 3. The minimum Gasteiger partial charge on any atom is -0.294 e. The van der Waals surface area contributed by atoms with Gasteiger partial charge in [0.2, 0.25) is 0 Å². The van der Waals surface area contributed by atoms with Crippen molar-refractivity contribution in [2.45, 2.75) is 32.9 Å². The first-order chi connectivity index (χ1) is 8.41. The van der Waals surface area contributed by atoms with Gasteiger partial charge in [-0.25, -0.2) is 8.42 Å². The van der Waals surface area contributed by atoms with Crippen LogP contribution in [0.1, 0.15) is 25.1 Å². The number of nitrogens with zero attached hydrogens (tertiary/aromatic N) is 3. The fourth-order valence-electron chi connectivity index (χ4n) is 2.50. The Morgan fingerprint density at radius 2 is 2.22 bits per heavy atom. The number of aromatic nitrogens is 2. The van der Waals surface area contributed by atoms with Gasteiger partial charge in [0.25, 0.3) is 0 Å². The van der Waals surface area contributed by atoms with Crippen LogP contribution in [0.2, 0.25) is 0 Å². The van der Waals surface area contributed by atoms with Crippen molar-refractivity contribution in [3.05, 3.63) is 17.5 Å². The SMILES string of the molecule is CCc1nn(C)cc1CN1CCS(=O)(=O)C[C@H]1C. The Labute approximate surface area is 109 Å². The lowest BCUT2D eigenvalue weighted by Gasteiger charge is -2.32. The van der Waals surface area contributed by atoms with Gasteiger partial charge in [0, 0.05) is 37.9 Å². The summed E-state index contributed by atoms with van der Waals surface area (Å²) in [5.41, 5.74) is 2.32. The van der Waals surface area contributed by atoms with Crippen molar-refractivity contribution < 1.29 is 8.42 Å². The number of hydrogen-bond donors (Lipinski definition) is 0.